The first kappa shape index (κ1) is 23.7. The summed E-state index contributed by atoms with van der Waals surface area (Å²) in [6, 6.07) is 15.5. The van der Waals surface area contributed by atoms with Gasteiger partial charge in [0.15, 0.2) is 0 Å². The van der Waals surface area contributed by atoms with Crippen LogP contribution in [0.2, 0.25) is 0 Å². The van der Waals surface area contributed by atoms with E-state index in [1.807, 2.05) is 63.2 Å². The van der Waals surface area contributed by atoms with E-state index < -0.39 is 23.9 Å². The van der Waals surface area contributed by atoms with E-state index in [2.05, 4.69) is 10.6 Å². The average molecular weight is 428 g/mol. The minimum absolute atomic E-state index is 0.0904. The fourth-order valence-electron chi connectivity index (χ4n) is 2.68. The molecule has 2 aromatic carbocycles. The number of nitrogens with two attached hydrogens (primary N) is 1. The molecule has 1 unspecified atom stereocenters. The van der Waals surface area contributed by atoms with Crippen LogP contribution in [0.1, 0.15) is 31.9 Å². The number of hydrogen-bond donors (Lipinski definition) is 3. The van der Waals surface area contributed by atoms with E-state index in [0.29, 0.717) is 5.75 Å². The molecule has 8 heteroatoms. The zero-order chi connectivity index (χ0) is 22.9. The number of benzene rings is 2. The van der Waals surface area contributed by atoms with Crippen LogP contribution in [0.4, 0.5) is 4.79 Å². The summed E-state index contributed by atoms with van der Waals surface area (Å²) in [7, 11) is 0. The quantitative estimate of drug-likeness (QED) is 0.567. The van der Waals surface area contributed by atoms with E-state index in [1.165, 1.54) is 0 Å². The summed E-state index contributed by atoms with van der Waals surface area (Å²) in [6.07, 6.45) is -0.515. The predicted molar refractivity (Wildman–Crippen MR) is 116 cm³/mol. The van der Waals surface area contributed by atoms with Crippen LogP contribution in [0, 0.1) is 0 Å². The van der Waals surface area contributed by atoms with Crippen LogP contribution < -0.4 is 21.1 Å². The van der Waals surface area contributed by atoms with E-state index in [-0.39, 0.29) is 25.2 Å². The molecule has 2 aromatic rings. The number of rotatable bonds is 9. The highest BCUT2D eigenvalue weighted by molar-refractivity contribution is 5.88. The Kier molecular flexibility index (Phi) is 8.43. The summed E-state index contributed by atoms with van der Waals surface area (Å²) in [5.74, 6) is -0.516. The highest BCUT2D eigenvalue weighted by Gasteiger charge is 2.19. The van der Waals surface area contributed by atoms with E-state index in [0.717, 1.165) is 11.1 Å². The van der Waals surface area contributed by atoms with Crippen LogP contribution >= 0.6 is 0 Å². The van der Waals surface area contributed by atoms with Crippen LogP contribution in [-0.2, 0) is 27.4 Å². The van der Waals surface area contributed by atoms with Crippen molar-refractivity contribution in [3.8, 4) is 5.75 Å². The third-order valence-corrected chi connectivity index (χ3v) is 4.07. The van der Waals surface area contributed by atoms with E-state index >= 15 is 0 Å². The standard InChI is InChI=1S/C23H29N3O5/c1-23(2,3)31-18-11-9-16(10-12-18)13-19(21(24)28)26-20(27)14-25-22(29)30-15-17-7-5-4-6-8-17/h4-12,19H,13-15H2,1-3H3,(H2,24,28)(H,25,29)(H,26,27). The number of primary amides is 1. The van der Waals surface area contributed by atoms with Gasteiger partial charge in [0.05, 0.1) is 0 Å². The summed E-state index contributed by atoms with van der Waals surface area (Å²) < 4.78 is 10.8. The van der Waals surface area contributed by atoms with Gasteiger partial charge in [-0.2, -0.15) is 0 Å². The zero-order valence-electron chi connectivity index (χ0n) is 18.0. The monoisotopic (exact) mass is 427 g/mol. The first-order chi connectivity index (χ1) is 14.6. The van der Waals surface area contributed by atoms with Gasteiger partial charge in [-0.05, 0) is 44.0 Å². The molecule has 0 saturated heterocycles. The number of hydrogen-bond acceptors (Lipinski definition) is 5. The molecule has 4 N–H and O–H groups in total. The molecule has 31 heavy (non-hydrogen) atoms. The number of alkyl carbamates (subject to hydrolysis) is 1. The van der Waals surface area contributed by atoms with Gasteiger partial charge in [0.25, 0.3) is 0 Å². The van der Waals surface area contributed by atoms with Gasteiger partial charge in [-0.3, -0.25) is 9.59 Å². The smallest absolute Gasteiger partial charge is 0.407 e. The molecule has 0 fully saturated rings. The molecular weight excluding hydrogens is 398 g/mol. The molecular formula is C23H29N3O5. The largest absolute Gasteiger partial charge is 0.488 e. The second-order valence-corrected chi connectivity index (χ2v) is 8.00. The third-order valence-electron chi connectivity index (χ3n) is 4.07. The average Bonchev–Trinajstić information content (AvgIpc) is 2.71. The second kappa shape index (κ2) is 11.0. The maximum absolute atomic E-state index is 12.1. The van der Waals surface area contributed by atoms with Crippen LogP contribution in [0.15, 0.2) is 54.6 Å². The van der Waals surface area contributed by atoms with Crippen LogP contribution in [0.5, 0.6) is 5.75 Å². The summed E-state index contributed by atoms with van der Waals surface area (Å²) in [5.41, 5.74) is 6.74. The fourth-order valence-corrected chi connectivity index (χ4v) is 2.68. The molecule has 8 nitrogen and oxygen atoms in total. The van der Waals surface area contributed by atoms with Gasteiger partial charge in [-0.15, -0.1) is 0 Å². The van der Waals surface area contributed by atoms with Gasteiger partial charge in [-0.1, -0.05) is 42.5 Å². The predicted octanol–water partition coefficient (Wildman–Crippen LogP) is 2.30. The van der Waals surface area contributed by atoms with Gasteiger partial charge in [0.2, 0.25) is 11.8 Å². The Morgan fingerprint density at radius 2 is 1.61 bits per heavy atom. The molecule has 0 radical (unpaired) electrons. The first-order valence-electron chi connectivity index (χ1n) is 9.93. The number of amides is 3. The maximum atomic E-state index is 12.1. The molecule has 0 aliphatic carbocycles. The Labute approximate surface area is 182 Å². The van der Waals surface area contributed by atoms with Crippen molar-refractivity contribution in [1.82, 2.24) is 10.6 Å². The van der Waals surface area contributed by atoms with Gasteiger partial charge >= 0.3 is 6.09 Å². The lowest BCUT2D eigenvalue weighted by Crippen LogP contribution is -2.49. The zero-order valence-corrected chi connectivity index (χ0v) is 18.0. The summed E-state index contributed by atoms with van der Waals surface area (Å²) >= 11 is 0. The van der Waals surface area contributed by atoms with Gasteiger partial charge in [0, 0.05) is 6.42 Å². The summed E-state index contributed by atoms with van der Waals surface area (Å²) in [4.78, 5) is 35.6. The van der Waals surface area contributed by atoms with Gasteiger partial charge in [-0.25, -0.2) is 4.79 Å². The molecule has 0 saturated carbocycles. The summed E-state index contributed by atoms with van der Waals surface area (Å²) in [6.45, 7) is 5.60. The Bertz CT molecular complexity index is 876. The molecule has 0 aliphatic rings. The first-order valence-corrected chi connectivity index (χ1v) is 9.93. The molecule has 3 amide bonds. The minimum atomic E-state index is -0.913. The topological polar surface area (TPSA) is 120 Å². The Hall–Kier alpha value is -3.55. The molecule has 0 heterocycles. The van der Waals surface area contributed by atoms with Crippen molar-refractivity contribution in [3.05, 3.63) is 65.7 Å². The molecule has 0 bridgehead atoms. The van der Waals surface area contributed by atoms with Crippen LogP contribution in [0.25, 0.3) is 0 Å². The van der Waals surface area contributed by atoms with E-state index in [1.54, 1.807) is 12.1 Å². The van der Waals surface area contributed by atoms with Gasteiger partial charge in [0.1, 0.15) is 30.5 Å². The third kappa shape index (κ3) is 9.20. The molecule has 0 spiro atoms. The Morgan fingerprint density at radius 1 is 0.968 bits per heavy atom. The number of carbonyl (C=O) groups excluding carboxylic acids is 3. The lowest BCUT2D eigenvalue weighted by molar-refractivity contribution is -0.126. The molecule has 2 rings (SSSR count). The van der Waals surface area contributed by atoms with Crippen molar-refractivity contribution in [1.29, 1.82) is 0 Å². The highest BCUT2D eigenvalue weighted by atomic mass is 16.5. The highest BCUT2D eigenvalue weighted by Crippen LogP contribution is 2.19. The Balaban J connectivity index is 1.80. The minimum Gasteiger partial charge on any atom is -0.488 e. The Morgan fingerprint density at radius 3 is 2.19 bits per heavy atom. The fraction of sp³-hybridized carbons (Fsp3) is 0.348. The molecule has 0 aliphatic heterocycles. The van der Waals surface area contributed by atoms with Gasteiger partial charge < -0.3 is 25.8 Å². The molecule has 0 aromatic heterocycles. The van der Waals surface area contributed by atoms with Crippen molar-refractivity contribution >= 4 is 17.9 Å². The lowest BCUT2D eigenvalue weighted by atomic mass is 10.0. The number of nitrogens with one attached hydrogen (secondary N) is 2. The van der Waals surface area contributed by atoms with Crippen LogP contribution in [0.3, 0.4) is 0 Å². The molecule has 166 valence electrons. The molecule has 1 atom stereocenters. The van der Waals surface area contributed by atoms with Crippen molar-refractivity contribution in [2.24, 2.45) is 5.73 Å². The van der Waals surface area contributed by atoms with Crippen molar-refractivity contribution in [2.75, 3.05) is 6.54 Å². The maximum Gasteiger partial charge on any atom is 0.407 e. The van der Waals surface area contributed by atoms with Crippen LogP contribution in [-0.4, -0.2) is 36.1 Å². The summed E-state index contributed by atoms with van der Waals surface area (Å²) in [5, 5.41) is 4.88. The van der Waals surface area contributed by atoms with Crippen molar-refractivity contribution in [3.63, 3.8) is 0 Å². The second-order valence-electron chi connectivity index (χ2n) is 8.00. The number of carbonyl (C=O) groups is 3. The SMILES string of the molecule is CC(C)(C)Oc1ccc(CC(NC(=O)CNC(=O)OCc2ccccc2)C(N)=O)cc1. The van der Waals surface area contributed by atoms with Crippen molar-refractivity contribution < 1.29 is 23.9 Å². The number of ether oxygens (including phenoxy) is 2. The van der Waals surface area contributed by atoms with Crippen molar-refractivity contribution in [2.45, 2.75) is 45.4 Å². The normalized spacial score (nSPS) is 11.8. The van der Waals surface area contributed by atoms with E-state index in [4.69, 9.17) is 15.2 Å². The lowest BCUT2D eigenvalue weighted by Gasteiger charge is -2.21. The van der Waals surface area contributed by atoms with E-state index in [9.17, 15) is 14.4 Å².